The third-order valence-corrected chi connectivity index (χ3v) is 13.4. The van der Waals surface area contributed by atoms with Crippen LogP contribution in [0.3, 0.4) is 0 Å². The maximum Gasteiger partial charge on any atom is -0.00945 e. The summed E-state index contributed by atoms with van der Waals surface area (Å²) in [6, 6.07) is 72.6. The molecule has 0 aliphatic heterocycles. The van der Waals surface area contributed by atoms with Gasteiger partial charge in [0.2, 0.25) is 0 Å². The molecule has 0 aromatic heterocycles. The molecule has 0 aliphatic carbocycles. The van der Waals surface area contributed by atoms with Crippen molar-refractivity contribution in [2.24, 2.45) is 0 Å². The van der Waals surface area contributed by atoms with Crippen LogP contribution < -0.4 is 35.4 Å². The minimum Gasteiger partial charge on any atom is -0.0622 e. The summed E-state index contributed by atoms with van der Waals surface area (Å²) in [7, 11) is 0. The quantitative estimate of drug-likeness (QED) is 0.0337. The number of carbonyl (C=O) groups is 2. The van der Waals surface area contributed by atoms with E-state index in [-0.39, 0.29) is 33.4 Å². The van der Waals surface area contributed by atoms with Gasteiger partial charge in [-0.1, -0.05) is 146 Å². The van der Waals surface area contributed by atoms with Crippen LogP contribution in [0.1, 0.15) is 33.2 Å². The van der Waals surface area contributed by atoms with Crippen LogP contribution in [-0.4, -0.2) is 27.9 Å². The fourth-order valence-corrected chi connectivity index (χ4v) is 9.76. The minimum atomic E-state index is -0.489. The number of ether oxygens (including phenoxy) is 3. The van der Waals surface area contributed by atoms with Crippen molar-refractivity contribution in [1.82, 2.24) is 0 Å². The summed E-state index contributed by atoms with van der Waals surface area (Å²) in [5.41, 5.74) is 11.2. The maximum absolute atomic E-state index is 14.9. The Morgan fingerprint density at radius 2 is 0.899 bits per heavy atom. The molecule has 0 N–H and O–H groups in total. The molecule has 0 unspecified atom stereocenters. The van der Waals surface area contributed by atoms with Crippen molar-refractivity contribution < 1.29 is 45.0 Å². The van der Waals surface area contributed by atoms with Crippen molar-refractivity contribution in [3.05, 3.63) is 235 Å². The van der Waals surface area contributed by atoms with E-state index < -0.39 is 5.97 Å². The second-order valence-corrected chi connectivity index (χ2v) is 18.9. The molecule has 0 aliphatic rings. The van der Waals surface area contributed by atoms with E-state index in [2.05, 4.69) is 59.5 Å². The Morgan fingerprint density at radius 3 is 1.43 bits per heavy atom. The summed E-state index contributed by atoms with van der Waals surface area (Å²) in [5.74, 6) is 1.57. The number of ketones is 1. The van der Waals surface area contributed by atoms with Gasteiger partial charge in [0.05, 0.1) is 6.61 Å². The van der Waals surface area contributed by atoms with Crippen LogP contribution in [0.25, 0.3) is 77.2 Å². The normalized spacial score (nSPS) is 11.2. The molecule has 69 heavy (non-hydrogen) atoms. The zero-order valence-corrected chi connectivity index (χ0v) is 40.5. The molecule has 5 nitrogen and oxygen atoms in total. The average Bonchev–Trinajstić information content (AvgIpc) is 3.41. The number of halogens is 1. The van der Waals surface area contributed by atoms with Crippen molar-refractivity contribution in [3.63, 3.8) is 0 Å². The Labute approximate surface area is 413 Å². The zero-order chi connectivity index (χ0) is 47.1. The van der Waals surface area contributed by atoms with Crippen molar-refractivity contribution >= 4 is 33.3 Å². The van der Waals surface area contributed by atoms with Crippen LogP contribution in [0, 0.1) is 0 Å². The summed E-state index contributed by atoms with van der Waals surface area (Å²) in [6.07, 6.45) is 0.0852. The van der Waals surface area contributed by atoms with Crippen LogP contribution in [0.5, 0.6) is 17.2 Å². The molecule has 0 spiro atoms. The molecule has 6 heteroatoms. The van der Waals surface area contributed by atoms with Gasteiger partial charge in [-0.05, 0) is 91.9 Å². The van der Waals surface area contributed by atoms with Crippen molar-refractivity contribution in [3.8, 4) is 72.9 Å². The molecular weight excluding hydrogens is 964 g/mol. The molecular formula is C63H48IO5-. The molecule has 0 heterocycles. The molecule has 10 aromatic carbocycles. The van der Waals surface area contributed by atoms with Gasteiger partial charge in [-0.25, -0.2) is 0 Å². The van der Waals surface area contributed by atoms with E-state index in [9.17, 15) is 9.59 Å². The fraction of sp³-hybridized carbons (Fsp3) is 0.0794. The predicted octanol–water partition coefficient (Wildman–Crippen LogP) is 12.4. The number of fused-ring (bicyclic) bond motifs is 2. The Morgan fingerprint density at radius 1 is 0.449 bits per heavy atom. The first-order valence-electron chi connectivity index (χ1n) is 23.0. The number of carbonyl (C=O) groups excluding carboxylic acids is 2. The van der Waals surface area contributed by atoms with Crippen molar-refractivity contribution in [1.29, 1.82) is 0 Å². The van der Waals surface area contributed by atoms with E-state index in [1.54, 1.807) is 0 Å². The standard InChI is InChI=1S/C63H48IO5/c1-3-67-52-34-30-44(31-35-52)42-22-26-48(27-23-42)59(65)40-58-54-20-12-10-18-50(54)38-56(46-14-6-4-7-15-46)60(58)61-57(47-16-8-5-9-17-47)39-51-19-11-13-21-55(51)62(61)69-63(66)49-28-24-43(25-29-49)45-32-36-53(37-33-45)68-41-64-2/h4-39H,3,40-41H2,1-2H3/q-1. The molecule has 0 saturated heterocycles. The summed E-state index contributed by atoms with van der Waals surface area (Å²) in [4.78, 5) is 31.9. The first kappa shape index (κ1) is 45.0. The van der Waals surface area contributed by atoms with Gasteiger partial charge in [0.25, 0.3) is 0 Å². The van der Waals surface area contributed by atoms with Gasteiger partial charge < -0.3 is 4.74 Å². The van der Waals surface area contributed by atoms with Crippen molar-refractivity contribution in [2.45, 2.75) is 13.3 Å². The Kier molecular flexibility index (Phi) is 13.4. The molecule has 10 rings (SSSR count). The maximum atomic E-state index is 14.9. The number of rotatable bonds is 15. The molecule has 0 radical (unpaired) electrons. The van der Waals surface area contributed by atoms with Gasteiger partial charge in [-0.15, -0.1) is 0 Å². The monoisotopic (exact) mass is 1010 g/mol. The molecule has 10 aromatic rings. The predicted molar refractivity (Wildman–Crippen MR) is 277 cm³/mol. The van der Waals surface area contributed by atoms with E-state index in [1.165, 1.54) is 0 Å². The largest absolute Gasteiger partial charge is 0.0622 e. The van der Waals surface area contributed by atoms with Gasteiger partial charge in [-0.2, -0.15) is 0 Å². The van der Waals surface area contributed by atoms with E-state index in [0.717, 1.165) is 98.9 Å². The second kappa shape index (κ2) is 20.6. The molecule has 0 fully saturated rings. The first-order chi connectivity index (χ1) is 33.9. The summed E-state index contributed by atoms with van der Waals surface area (Å²) < 4.78 is 19.1. The van der Waals surface area contributed by atoms with Gasteiger partial charge in [0.15, 0.2) is 5.78 Å². The van der Waals surface area contributed by atoms with Crippen LogP contribution in [-0.2, 0) is 6.42 Å². The van der Waals surface area contributed by atoms with Gasteiger partial charge in [0.1, 0.15) is 11.5 Å². The zero-order valence-electron chi connectivity index (χ0n) is 38.3. The van der Waals surface area contributed by atoms with Crippen LogP contribution >= 0.6 is 0 Å². The molecule has 0 amide bonds. The Hall–Kier alpha value is -7.81. The van der Waals surface area contributed by atoms with Gasteiger partial charge in [-0.3, -0.25) is 4.79 Å². The van der Waals surface area contributed by atoms with Crippen LogP contribution in [0.4, 0.5) is 0 Å². The number of hydrogen-bond donors (Lipinski definition) is 0. The Bertz CT molecular complexity index is 3420. The molecule has 0 atom stereocenters. The third kappa shape index (κ3) is 9.67. The average molecular weight is 1010 g/mol. The Balaban J connectivity index is 1.14. The van der Waals surface area contributed by atoms with E-state index in [1.807, 2.05) is 171 Å². The SMILES string of the molecule is CCOc1ccc(-c2ccc(C(=O)Cc3c(-c4c(-c5ccccc5)cc5ccccc5c4OC(=O)c4ccc(-c5ccc(OC[I-]C)cc5)cc4)c(-c4ccccc4)cc4ccccc34)cc2)cc1. The van der Waals surface area contributed by atoms with E-state index >= 15 is 0 Å². The second-order valence-electron chi connectivity index (χ2n) is 16.7. The summed E-state index contributed by atoms with van der Waals surface area (Å²) >= 11 is 0.0334. The summed E-state index contributed by atoms with van der Waals surface area (Å²) in [6.45, 7) is 2.57. The van der Waals surface area contributed by atoms with Gasteiger partial charge in [0, 0.05) is 22.9 Å². The number of alkyl halides is 2. The van der Waals surface area contributed by atoms with Crippen LogP contribution in [0.2, 0.25) is 0 Å². The summed E-state index contributed by atoms with van der Waals surface area (Å²) in [5, 5.41) is 3.63. The molecule has 0 saturated carbocycles. The third-order valence-electron chi connectivity index (χ3n) is 12.5. The van der Waals surface area contributed by atoms with Crippen molar-refractivity contribution in [2.75, 3.05) is 16.2 Å². The fourth-order valence-electron chi connectivity index (χ4n) is 9.08. The van der Waals surface area contributed by atoms with Crippen LogP contribution in [0.15, 0.2) is 218 Å². The smallest absolute Gasteiger partial charge is 0.00945 e. The minimum absolute atomic E-state index is 0.0324. The number of Topliss-reactive ketones (excluding diaryl/α,β-unsaturated/α-hetero) is 1. The molecule has 0 bridgehead atoms. The number of hydrogen-bond acceptors (Lipinski definition) is 5. The number of benzene rings is 10. The topological polar surface area (TPSA) is 61.8 Å². The first-order valence-corrected chi connectivity index (χ1v) is 26.7. The number of esters is 1. The molecule has 338 valence electrons. The van der Waals surface area contributed by atoms with Gasteiger partial charge >= 0.3 is 122 Å². The van der Waals surface area contributed by atoms with E-state index in [0.29, 0.717) is 23.5 Å². The van der Waals surface area contributed by atoms with E-state index in [4.69, 9.17) is 14.2 Å².